The summed E-state index contributed by atoms with van der Waals surface area (Å²) in [5.41, 5.74) is 5.82. The van der Waals surface area contributed by atoms with Gasteiger partial charge in [0.15, 0.2) is 0 Å². The zero-order valence-corrected chi connectivity index (χ0v) is 10.7. The fraction of sp³-hybridized carbons (Fsp3) is 0.923. The zero-order valence-electron chi connectivity index (χ0n) is 10.7. The van der Waals surface area contributed by atoms with E-state index in [0.29, 0.717) is 12.0 Å². The molecule has 3 unspecified atom stereocenters. The van der Waals surface area contributed by atoms with Gasteiger partial charge in [0.25, 0.3) is 0 Å². The van der Waals surface area contributed by atoms with E-state index in [1.54, 1.807) is 0 Å². The van der Waals surface area contributed by atoms with E-state index in [0.717, 1.165) is 25.7 Å². The van der Waals surface area contributed by atoms with Gasteiger partial charge in [-0.25, -0.2) is 0 Å². The molecular formula is C13H26N2O. The average Bonchev–Trinajstić information content (AvgIpc) is 2.30. The standard InChI is InChI=1S/C13H26N2O/c1-3-7-11(14)13(16)15-12-9-6-5-8-10(12)4-2/h10-12H,3-9,14H2,1-2H3,(H,15,16). The molecule has 1 rings (SSSR count). The second-order valence-corrected chi connectivity index (χ2v) is 4.96. The lowest BCUT2D eigenvalue weighted by molar-refractivity contribution is -0.123. The second-order valence-electron chi connectivity index (χ2n) is 4.96. The lowest BCUT2D eigenvalue weighted by Gasteiger charge is -2.32. The second kappa shape index (κ2) is 6.89. The fourth-order valence-corrected chi connectivity index (χ4v) is 2.62. The van der Waals surface area contributed by atoms with Gasteiger partial charge in [0.1, 0.15) is 0 Å². The van der Waals surface area contributed by atoms with E-state index in [-0.39, 0.29) is 11.9 Å². The minimum atomic E-state index is -0.315. The summed E-state index contributed by atoms with van der Waals surface area (Å²) in [4.78, 5) is 11.8. The van der Waals surface area contributed by atoms with Crippen LogP contribution in [0.4, 0.5) is 0 Å². The number of carbonyl (C=O) groups excluding carboxylic acids is 1. The van der Waals surface area contributed by atoms with Gasteiger partial charge >= 0.3 is 0 Å². The monoisotopic (exact) mass is 226 g/mol. The highest BCUT2D eigenvalue weighted by molar-refractivity contribution is 5.81. The van der Waals surface area contributed by atoms with E-state index in [9.17, 15) is 4.79 Å². The maximum atomic E-state index is 11.8. The molecule has 0 saturated heterocycles. The Morgan fingerprint density at radius 1 is 1.38 bits per heavy atom. The van der Waals surface area contributed by atoms with Gasteiger partial charge < -0.3 is 11.1 Å². The molecule has 1 fully saturated rings. The van der Waals surface area contributed by atoms with E-state index in [1.807, 2.05) is 0 Å². The lowest BCUT2D eigenvalue weighted by Crippen LogP contribution is -2.48. The van der Waals surface area contributed by atoms with E-state index in [4.69, 9.17) is 5.73 Å². The molecule has 0 radical (unpaired) electrons. The van der Waals surface area contributed by atoms with Gasteiger partial charge in [-0.15, -0.1) is 0 Å². The summed E-state index contributed by atoms with van der Waals surface area (Å²) >= 11 is 0. The quantitative estimate of drug-likeness (QED) is 0.755. The third kappa shape index (κ3) is 3.78. The molecule has 94 valence electrons. The predicted molar refractivity (Wildman–Crippen MR) is 67.1 cm³/mol. The molecule has 0 aromatic heterocycles. The Morgan fingerprint density at radius 3 is 2.69 bits per heavy atom. The van der Waals surface area contributed by atoms with Crippen LogP contribution in [0.2, 0.25) is 0 Å². The highest BCUT2D eigenvalue weighted by atomic mass is 16.2. The first kappa shape index (κ1) is 13.5. The van der Waals surface area contributed by atoms with Crippen molar-refractivity contribution in [2.24, 2.45) is 11.7 Å². The number of rotatable bonds is 5. The molecule has 1 aliphatic rings. The molecule has 1 saturated carbocycles. The van der Waals surface area contributed by atoms with Crippen LogP contribution in [0.1, 0.15) is 58.8 Å². The Balaban J connectivity index is 2.41. The van der Waals surface area contributed by atoms with Crippen molar-refractivity contribution in [3.8, 4) is 0 Å². The third-order valence-corrected chi connectivity index (χ3v) is 3.70. The molecule has 16 heavy (non-hydrogen) atoms. The summed E-state index contributed by atoms with van der Waals surface area (Å²) in [6, 6.07) is 0.0542. The Hall–Kier alpha value is -0.570. The predicted octanol–water partition coefficient (Wildman–Crippen LogP) is 2.20. The molecule has 3 nitrogen and oxygen atoms in total. The first-order chi connectivity index (χ1) is 7.69. The lowest BCUT2D eigenvalue weighted by atomic mass is 9.83. The van der Waals surface area contributed by atoms with Crippen molar-refractivity contribution in [1.29, 1.82) is 0 Å². The van der Waals surface area contributed by atoms with Crippen LogP contribution in [-0.4, -0.2) is 18.0 Å². The molecule has 3 heteroatoms. The minimum absolute atomic E-state index is 0.0483. The van der Waals surface area contributed by atoms with Crippen LogP contribution in [0.15, 0.2) is 0 Å². The molecule has 0 aromatic rings. The summed E-state index contributed by atoms with van der Waals surface area (Å²) in [6.45, 7) is 4.27. The van der Waals surface area contributed by atoms with Crippen LogP contribution in [0, 0.1) is 5.92 Å². The SMILES string of the molecule is CCCC(N)C(=O)NC1CCCCC1CC. The van der Waals surface area contributed by atoms with Crippen LogP contribution < -0.4 is 11.1 Å². The first-order valence-electron chi connectivity index (χ1n) is 6.75. The number of hydrogen-bond acceptors (Lipinski definition) is 2. The highest BCUT2D eigenvalue weighted by Crippen LogP contribution is 2.26. The summed E-state index contributed by atoms with van der Waals surface area (Å²) < 4.78 is 0. The molecule has 1 aliphatic carbocycles. The summed E-state index contributed by atoms with van der Waals surface area (Å²) in [5.74, 6) is 0.707. The van der Waals surface area contributed by atoms with E-state index < -0.39 is 0 Å². The van der Waals surface area contributed by atoms with E-state index in [1.165, 1.54) is 19.3 Å². The first-order valence-corrected chi connectivity index (χ1v) is 6.75. The molecule has 3 N–H and O–H groups in total. The van der Waals surface area contributed by atoms with Crippen LogP contribution >= 0.6 is 0 Å². The van der Waals surface area contributed by atoms with Crippen molar-refractivity contribution in [2.75, 3.05) is 0 Å². The van der Waals surface area contributed by atoms with Crippen molar-refractivity contribution in [3.05, 3.63) is 0 Å². The van der Waals surface area contributed by atoms with Gasteiger partial charge in [-0.2, -0.15) is 0 Å². The zero-order chi connectivity index (χ0) is 12.0. The van der Waals surface area contributed by atoms with Gasteiger partial charge in [-0.05, 0) is 25.2 Å². The number of hydrogen-bond donors (Lipinski definition) is 2. The van der Waals surface area contributed by atoms with Gasteiger partial charge in [0.2, 0.25) is 5.91 Å². The van der Waals surface area contributed by atoms with E-state index in [2.05, 4.69) is 19.2 Å². The van der Waals surface area contributed by atoms with Gasteiger partial charge in [-0.1, -0.05) is 39.5 Å². The van der Waals surface area contributed by atoms with Gasteiger partial charge in [-0.3, -0.25) is 4.79 Å². The largest absolute Gasteiger partial charge is 0.352 e. The Labute approximate surface area is 99.2 Å². The maximum absolute atomic E-state index is 11.8. The van der Waals surface area contributed by atoms with E-state index >= 15 is 0 Å². The van der Waals surface area contributed by atoms with Gasteiger partial charge in [0.05, 0.1) is 6.04 Å². The minimum Gasteiger partial charge on any atom is -0.352 e. The molecule has 0 aromatic carbocycles. The Bertz CT molecular complexity index is 218. The number of nitrogens with two attached hydrogens (primary N) is 1. The smallest absolute Gasteiger partial charge is 0.237 e. The van der Waals surface area contributed by atoms with Crippen molar-refractivity contribution in [1.82, 2.24) is 5.32 Å². The highest BCUT2D eigenvalue weighted by Gasteiger charge is 2.26. The van der Waals surface area contributed by atoms with Crippen LogP contribution in [0.5, 0.6) is 0 Å². The number of nitrogens with one attached hydrogen (secondary N) is 1. The summed E-state index contributed by atoms with van der Waals surface area (Å²) in [7, 11) is 0. The number of carbonyl (C=O) groups is 1. The Kier molecular flexibility index (Phi) is 5.81. The topological polar surface area (TPSA) is 55.1 Å². The molecule has 0 heterocycles. The summed E-state index contributed by atoms with van der Waals surface area (Å²) in [5, 5.41) is 3.14. The third-order valence-electron chi connectivity index (χ3n) is 3.70. The van der Waals surface area contributed by atoms with Crippen LogP contribution in [-0.2, 0) is 4.79 Å². The molecule has 0 aliphatic heterocycles. The van der Waals surface area contributed by atoms with Crippen molar-refractivity contribution < 1.29 is 4.79 Å². The molecule has 3 atom stereocenters. The normalized spacial score (nSPS) is 27.4. The Morgan fingerprint density at radius 2 is 2.06 bits per heavy atom. The fourth-order valence-electron chi connectivity index (χ4n) is 2.62. The van der Waals surface area contributed by atoms with Gasteiger partial charge in [0, 0.05) is 6.04 Å². The molecule has 0 bridgehead atoms. The van der Waals surface area contributed by atoms with Crippen molar-refractivity contribution in [3.63, 3.8) is 0 Å². The van der Waals surface area contributed by atoms with Crippen molar-refractivity contribution in [2.45, 2.75) is 70.9 Å². The average molecular weight is 226 g/mol. The summed E-state index contributed by atoms with van der Waals surface area (Å²) in [6.07, 6.45) is 7.85. The molecular weight excluding hydrogens is 200 g/mol. The maximum Gasteiger partial charge on any atom is 0.237 e. The number of amides is 1. The molecule has 1 amide bonds. The van der Waals surface area contributed by atoms with Crippen LogP contribution in [0.25, 0.3) is 0 Å². The van der Waals surface area contributed by atoms with Crippen LogP contribution in [0.3, 0.4) is 0 Å². The molecule has 0 spiro atoms. The van der Waals surface area contributed by atoms with Crippen molar-refractivity contribution >= 4 is 5.91 Å².